The van der Waals surface area contributed by atoms with Crippen molar-refractivity contribution < 1.29 is 18.8 Å². The van der Waals surface area contributed by atoms with Crippen molar-refractivity contribution >= 4 is 5.91 Å². The molecular weight excluding hydrogens is 272 g/mol. The van der Waals surface area contributed by atoms with Gasteiger partial charge in [-0.05, 0) is 38.3 Å². The van der Waals surface area contributed by atoms with Crippen LogP contribution in [0.3, 0.4) is 0 Å². The topological polar surface area (TPSA) is 79.7 Å². The molecule has 1 unspecified atom stereocenters. The number of amides is 1. The Balaban J connectivity index is 1.73. The van der Waals surface area contributed by atoms with Crippen molar-refractivity contribution in [1.82, 2.24) is 10.1 Å². The Labute approximate surface area is 122 Å². The molecule has 0 aromatic carbocycles. The summed E-state index contributed by atoms with van der Waals surface area (Å²) in [6.07, 6.45) is 3.59. The van der Waals surface area contributed by atoms with Crippen molar-refractivity contribution in [2.24, 2.45) is 0 Å². The lowest BCUT2D eigenvalue weighted by molar-refractivity contribution is 0.0437. The molecule has 3 heterocycles. The average molecular weight is 290 g/mol. The first-order valence-electron chi connectivity index (χ1n) is 7.07. The molecule has 2 aromatic heterocycles. The van der Waals surface area contributed by atoms with Crippen molar-refractivity contribution in [3.63, 3.8) is 0 Å². The van der Waals surface area contributed by atoms with Crippen LogP contribution in [0.1, 0.15) is 36.7 Å². The number of rotatable bonds is 2. The Morgan fingerprint density at radius 1 is 1.38 bits per heavy atom. The van der Waals surface area contributed by atoms with E-state index in [9.17, 15) is 9.90 Å². The number of carbonyl (C=O) groups is 1. The molecule has 1 aliphatic rings. The first-order chi connectivity index (χ1) is 10.1. The maximum absolute atomic E-state index is 12.4. The second kappa shape index (κ2) is 5.37. The molecule has 2 aromatic rings. The smallest absolute Gasteiger partial charge is 0.276 e. The number of hydrogen-bond donors (Lipinski definition) is 1. The molecule has 1 amide bonds. The normalized spacial score (nSPS) is 23.0. The van der Waals surface area contributed by atoms with Crippen LogP contribution in [0.5, 0.6) is 0 Å². The fraction of sp³-hybridized carbons (Fsp3) is 0.467. The number of aliphatic hydroxyl groups is 1. The van der Waals surface area contributed by atoms with E-state index >= 15 is 0 Å². The van der Waals surface area contributed by atoms with Gasteiger partial charge in [0.25, 0.3) is 5.91 Å². The summed E-state index contributed by atoms with van der Waals surface area (Å²) in [4.78, 5) is 14.2. The highest BCUT2D eigenvalue weighted by atomic mass is 16.5. The molecule has 1 aliphatic heterocycles. The van der Waals surface area contributed by atoms with Crippen molar-refractivity contribution in [3.8, 4) is 11.5 Å². The molecule has 1 atom stereocenters. The van der Waals surface area contributed by atoms with Crippen molar-refractivity contribution in [2.75, 3.05) is 13.1 Å². The molecule has 112 valence electrons. The fourth-order valence-corrected chi connectivity index (χ4v) is 2.54. The second-order valence-corrected chi connectivity index (χ2v) is 5.70. The number of nitrogens with zero attached hydrogens (tertiary/aromatic N) is 2. The van der Waals surface area contributed by atoms with Crippen LogP contribution in [0.2, 0.25) is 0 Å². The van der Waals surface area contributed by atoms with E-state index in [1.165, 1.54) is 6.26 Å². The fourth-order valence-electron chi connectivity index (χ4n) is 2.54. The summed E-state index contributed by atoms with van der Waals surface area (Å²) >= 11 is 0. The van der Waals surface area contributed by atoms with Crippen molar-refractivity contribution in [1.29, 1.82) is 0 Å². The molecule has 6 heteroatoms. The molecule has 0 aliphatic carbocycles. The van der Waals surface area contributed by atoms with Gasteiger partial charge in [0.1, 0.15) is 0 Å². The Morgan fingerprint density at radius 3 is 3.00 bits per heavy atom. The Morgan fingerprint density at radius 2 is 2.24 bits per heavy atom. The van der Waals surface area contributed by atoms with Crippen LogP contribution in [-0.2, 0) is 0 Å². The van der Waals surface area contributed by atoms with Gasteiger partial charge in [-0.1, -0.05) is 5.16 Å². The molecule has 0 radical (unpaired) electrons. The zero-order valence-electron chi connectivity index (χ0n) is 11.9. The first kappa shape index (κ1) is 13.9. The molecule has 1 fully saturated rings. The third-order valence-corrected chi connectivity index (χ3v) is 3.84. The predicted octanol–water partition coefficient (Wildman–Crippen LogP) is 2.31. The third-order valence-electron chi connectivity index (χ3n) is 3.84. The molecule has 0 bridgehead atoms. The van der Waals surface area contributed by atoms with Crippen LogP contribution in [-0.4, -0.2) is 39.8 Å². The summed E-state index contributed by atoms with van der Waals surface area (Å²) in [5.41, 5.74) is -0.430. The van der Waals surface area contributed by atoms with Crippen LogP contribution >= 0.6 is 0 Å². The van der Waals surface area contributed by atoms with Crippen molar-refractivity contribution in [2.45, 2.75) is 31.8 Å². The zero-order valence-corrected chi connectivity index (χ0v) is 11.9. The van der Waals surface area contributed by atoms with Gasteiger partial charge in [-0.2, -0.15) is 0 Å². The maximum atomic E-state index is 12.4. The van der Waals surface area contributed by atoms with E-state index in [0.717, 1.165) is 6.42 Å². The molecule has 0 spiro atoms. The van der Waals surface area contributed by atoms with E-state index in [-0.39, 0.29) is 11.6 Å². The highest BCUT2D eigenvalue weighted by molar-refractivity contribution is 5.93. The summed E-state index contributed by atoms with van der Waals surface area (Å²) in [7, 11) is 0. The quantitative estimate of drug-likeness (QED) is 0.918. The molecule has 21 heavy (non-hydrogen) atoms. The van der Waals surface area contributed by atoms with E-state index in [4.69, 9.17) is 8.94 Å². The largest absolute Gasteiger partial charge is 0.461 e. The first-order valence-corrected chi connectivity index (χ1v) is 7.07. The van der Waals surface area contributed by atoms with E-state index in [1.807, 2.05) is 6.92 Å². The molecule has 6 nitrogen and oxygen atoms in total. The number of carbonyl (C=O) groups excluding carboxylic acids is 1. The van der Waals surface area contributed by atoms with E-state index in [2.05, 4.69) is 5.16 Å². The second-order valence-electron chi connectivity index (χ2n) is 5.70. The SMILES string of the molecule is CC1(O)CCCN(C(=O)c2cc(-c3ccco3)on2)CC1. The summed E-state index contributed by atoms with van der Waals surface area (Å²) in [5.74, 6) is 0.805. The number of hydrogen-bond acceptors (Lipinski definition) is 5. The van der Waals surface area contributed by atoms with Gasteiger partial charge in [-0.15, -0.1) is 0 Å². The lowest BCUT2D eigenvalue weighted by Crippen LogP contribution is -2.33. The monoisotopic (exact) mass is 290 g/mol. The van der Waals surface area contributed by atoms with Crippen LogP contribution in [0, 0.1) is 0 Å². The van der Waals surface area contributed by atoms with Crippen LogP contribution in [0.15, 0.2) is 33.4 Å². The lowest BCUT2D eigenvalue weighted by Gasteiger charge is -2.21. The molecule has 0 saturated carbocycles. The molecular formula is C15H18N2O4. The predicted molar refractivity (Wildman–Crippen MR) is 74.6 cm³/mol. The average Bonchev–Trinajstić information content (AvgIpc) is 3.08. The van der Waals surface area contributed by atoms with Gasteiger partial charge in [0.15, 0.2) is 11.5 Å². The van der Waals surface area contributed by atoms with Gasteiger partial charge >= 0.3 is 0 Å². The van der Waals surface area contributed by atoms with E-state index < -0.39 is 5.60 Å². The van der Waals surface area contributed by atoms with E-state index in [0.29, 0.717) is 37.5 Å². The summed E-state index contributed by atoms with van der Waals surface area (Å²) in [5, 5.41) is 13.9. The lowest BCUT2D eigenvalue weighted by atomic mass is 9.98. The van der Waals surface area contributed by atoms with Crippen LogP contribution in [0.4, 0.5) is 0 Å². The van der Waals surface area contributed by atoms with Crippen LogP contribution < -0.4 is 0 Å². The van der Waals surface area contributed by atoms with Gasteiger partial charge in [0.05, 0.1) is 11.9 Å². The number of aromatic nitrogens is 1. The minimum Gasteiger partial charge on any atom is -0.461 e. The molecule has 1 N–H and O–H groups in total. The van der Waals surface area contributed by atoms with Gasteiger partial charge in [0.2, 0.25) is 5.76 Å². The minimum atomic E-state index is -0.696. The maximum Gasteiger partial charge on any atom is 0.276 e. The number of furan rings is 1. The zero-order chi connectivity index (χ0) is 14.9. The summed E-state index contributed by atoms with van der Waals surface area (Å²) in [6, 6.07) is 5.08. The molecule has 3 rings (SSSR count). The van der Waals surface area contributed by atoms with Crippen LogP contribution in [0.25, 0.3) is 11.5 Å². The molecule has 1 saturated heterocycles. The summed E-state index contributed by atoms with van der Waals surface area (Å²) in [6.45, 7) is 2.96. The Kier molecular flexibility index (Phi) is 3.55. The Hall–Kier alpha value is -2.08. The Bertz CT molecular complexity index is 615. The van der Waals surface area contributed by atoms with Gasteiger partial charge in [-0.25, -0.2) is 0 Å². The summed E-state index contributed by atoms with van der Waals surface area (Å²) < 4.78 is 10.4. The minimum absolute atomic E-state index is 0.172. The number of likely N-dealkylation sites (tertiary alicyclic amines) is 1. The standard InChI is InChI=1S/C15H18N2O4/c1-15(19)5-3-7-17(8-6-15)14(18)11-10-13(21-16-11)12-4-2-9-20-12/h2,4,9-10,19H,3,5-8H2,1H3. The van der Waals surface area contributed by atoms with E-state index in [1.54, 1.807) is 23.1 Å². The highest BCUT2D eigenvalue weighted by Gasteiger charge is 2.28. The van der Waals surface area contributed by atoms with Gasteiger partial charge < -0.3 is 18.9 Å². The van der Waals surface area contributed by atoms with Crippen molar-refractivity contribution in [3.05, 3.63) is 30.2 Å². The van der Waals surface area contributed by atoms with Gasteiger partial charge in [-0.3, -0.25) is 4.79 Å². The third kappa shape index (κ3) is 3.00. The highest BCUT2D eigenvalue weighted by Crippen LogP contribution is 2.24. The van der Waals surface area contributed by atoms with Gasteiger partial charge in [0, 0.05) is 19.2 Å².